The predicted octanol–water partition coefficient (Wildman–Crippen LogP) is 5.95. The Morgan fingerprint density at radius 2 is 1.78 bits per heavy atom. The third kappa shape index (κ3) is 14.2. The molecule has 1 saturated heterocycles. The highest BCUT2D eigenvalue weighted by Crippen LogP contribution is 2.39. The minimum Gasteiger partial charge on any atom is -0.457 e. The van der Waals surface area contributed by atoms with Gasteiger partial charge in [0.25, 0.3) is 0 Å². The lowest BCUT2D eigenvalue weighted by atomic mass is 9.88. The molecular weight excluding hydrogens is 632 g/mol. The van der Waals surface area contributed by atoms with Crippen LogP contribution in [0.4, 0.5) is 0 Å². The molecule has 2 aliphatic heterocycles. The molecule has 0 spiro atoms. The van der Waals surface area contributed by atoms with Gasteiger partial charge in [-0.2, -0.15) is 0 Å². The molecule has 0 saturated carbocycles. The van der Waals surface area contributed by atoms with Crippen LogP contribution >= 0.6 is 0 Å². The van der Waals surface area contributed by atoms with E-state index in [1.54, 1.807) is 13.0 Å². The van der Waals surface area contributed by atoms with E-state index in [2.05, 4.69) is 0 Å². The number of aliphatic hydroxyl groups is 2. The largest absolute Gasteiger partial charge is 0.457 e. The van der Waals surface area contributed by atoms with Gasteiger partial charge in [0.05, 0.1) is 36.4 Å². The summed E-state index contributed by atoms with van der Waals surface area (Å²) in [5.41, 5.74) is -1.02. The molecule has 49 heavy (non-hydrogen) atoms. The number of allylic oxidation sites excluding steroid dienone is 2. The van der Waals surface area contributed by atoms with Crippen LogP contribution in [0.3, 0.4) is 0 Å². The van der Waals surface area contributed by atoms with Gasteiger partial charge in [-0.25, -0.2) is 0 Å². The third-order valence-corrected chi connectivity index (χ3v) is 9.30. The first kappa shape index (κ1) is 43.0. The van der Waals surface area contributed by atoms with Crippen LogP contribution in [0.15, 0.2) is 36.0 Å². The second-order valence-corrected chi connectivity index (χ2v) is 13.9. The standard InChI is InChI=1S/C38H64O11/c1-12-31(41)26(6)36-32(46-36)23-37(10,48-28(8)43-13-2)20-15-16-24(4)35-25(5)17-18-33(45-27(7)39)38(11,49-29(9)44-14-3)21-19-30(40)22-34(42)47-35/h15-18,20,25-26,28-33,35-36,40-41H,12-14,19,21-23H2,1-11H3/b18-17-,20-15+,24-16+. The van der Waals surface area contributed by atoms with E-state index in [9.17, 15) is 19.8 Å². The summed E-state index contributed by atoms with van der Waals surface area (Å²) in [7, 11) is 0. The summed E-state index contributed by atoms with van der Waals surface area (Å²) in [5, 5.41) is 21.2. The zero-order valence-electron chi connectivity index (χ0n) is 31.7. The molecule has 1 fully saturated rings. The molecular formula is C38H64O11. The van der Waals surface area contributed by atoms with Gasteiger partial charge in [-0.05, 0) is 79.4 Å². The van der Waals surface area contributed by atoms with Crippen LogP contribution in [0, 0.1) is 11.8 Å². The maximum atomic E-state index is 13.1. The van der Waals surface area contributed by atoms with Crippen molar-refractivity contribution in [3.63, 3.8) is 0 Å². The molecule has 0 aromatic rings. The summed E-state index contributed by atoms with van der Waals surface area (Å²) < 4.78 is 41.6. The summed E-state index contributed by atoms with van der Waals surface area (Å²) in [6, 6.07) is 0. The monoisotopic (exact) mass is 696 g/mol. The minimum atomic E-state index is -1.04. The van der Waals surface area contributed by atoms with E-state index in [0.717, 1.165) is 5.57 Å². The Hall–Kier alpha value is -2.12. The number of cyclic esters (lactones) is 1. The Morgan fingerprint density at radius 3 is 2.39 bits per heavy atom. The van der Waals surface area contributed by atoms with E-state index in [0.29, 0.717) is 32.5 Å². The quantitative estimate of drug-likeness (QED) is 0.0613. The number of aliphatic hydroxyl groups excluding tert-OH is 2. The van der Waals surface area contributed by atoms with Gasteiger partial charge in [-0.1, -0.05) is 45.1 Å². The van der Waals surface area contributed by atoms with Gasteiger partial charge in [-0.3, -0.25) is 9.59 Å². The van der Waals surface area contributed by atoms with E-state index in [4.69, 9.17) is 33.2 Å². The number of carbonyl (C=O) groups excluding carboxylic acids is 2. The highest BCUT2D eigenvalue weighted by Gasteiger charge is 2.48. The molecule has 0 bridgehead atoms. The highest BCUT2D eigenvalue weighted by atomic mass is 16.7. The number of epoxide rings is 1. The van der Waals surface area contributed by atoms with E-state index < -0.39 is 60.1 Å². The Bertz CT molecular complexity index is 1120. The molecule has 11 nitrogen and oxygen atoms in total. The Balaban J connectivity index is 2.39. The third-order valence-electron chi connectivity index (χ3n) is 9.30. The summed E-state index contributed by atoms with van der Waals surface area (Å²) in [5.74, 6) is -1.31. The van der Waals surface area contributed by atoms with Crippen LogP contribution in [-0.2, 0) is 42.7 Å². The van der Waals surface area contributed by atoms with Crippen molar-refractivity contribution in [2.24, 2.45) is 11.8 Å². The van der Waals surface area contributed by atoms with Gasteiger partial charge in [-0.15, -0.1) is 0 Å². The fraction of sp³-hybridized carbons (Fsp3) is 0.789. The second-order valence-electron chi connectivity index (χ2n) is 13.9. The van der Waals surface area contributed by atoms with Gasteiger partial charge >= 0.3 is 11.9 Å². The average molecular weight is 697 g/mol. The lowest BCUT2D eigenvalue weighted by Crippen LogP contribution is -2.47. The summed E-state index contributed by atoms with van der Waals surface area (Å²) in [6.45, 7) is 21.2. The molecule has 2 rings (SSSR count). The number of esters is 2. The van der Waals surface area contributed by atoms with Crippen LogP contribution in [-0.4, -0.2) is 95.8 Å². The van der Waals surface area contributed by atoms with E-state index in [1.807, 2.05) is 86.6 Å². The highest BCUT2D eigenvalue weighted by molar-refractivity contribution is 5.70. The molecule has 12 atom stereocenters. The molecule has 2 aliphatic rings. The van der Waals surface area contributed by atoms with Gasteiger partial charge in [0.2, 0.25) is 0 Å². The normalized spacial score (nSPS) is 32.9. The molecule has 0 amide bonds. The minimum absolute atomic E-state index is 0.0106. The molecule has 0 aliphatic carbocycles. The molecule has 12 unspecified atom stereocenters. The smallest absolute Gasteiger partial charge is 0.309 e. The molecule has 11 heteroatoms. The van der Waals surface area contributed by atoms with Crippen LogP contribution in [0.5, 0.6) is 0 Å². The lowest BCUT2D eigenvalue weighted by Gasteiger charge is -2.38. The number of hydrogen-bond donors (Lipinski definition) is 2. The van der Waals surface area contributed by atoms with E-state index in [-0.39, 0.29) is 36.9 Å². The molecule has 2 heterocycles. The molecule has 0 aromatic heterocycles. The summed E-state index contributed by atoms with van der Waals surface area (Å²) in [4.78, 5) is 25.3. The summed E-state index contributed by atoms with van der Waals surface area (Å²) in [6.07, 6.45) is 6.86. The van der Waals surface area contributed by atoms with Crippen LogP contribution in [0.1, 0.15) is 108 Å². The zero-order valence-corrected chi connectivity index (χ0v) is 31.7. The van der Waals surface area contributed by atoms with E-state index in [1.165, 1.54) is 6.92 Å². The Labute approximate surface area is 294 Å². The van der Waals surface area contributed by atoms with Gasteiger partial charge in [0, 0.05) is 38.4 Å². The average Bonchev–Trinajstić information content (AvgIpc) is 3.77. The SMILES string of the molecule is CCOC(C)OC(C)(/C=C/C=C(\C)C1OC(=O)CC(O)CCC(C)(OC(C)OCC)C(OC(C)=O)/C=C\C1C)CC1OC1C(C)C(O)CC. The first-order valence-electron chi connectivity index (χ1n) is 18.0. The van der Waals surface area contributed by atoms with Crippen molar-refractivity contribution < 1.29 is 53.0 Å². The Kier molecular flexibility index (Phi) is 17.6. The first-order chi connectivity index (χ1) is 23.0. The topological polar surface area (TPSA) is 143 Å². The van der Waals surface area contributed by atoms with Crippen molar-refractivity contribution >= 4 is 11.9 Å². The predicted molar refractivity (Wildman–Crippen MR) is 186 cm³/mol. The number of ether oxygens (including phenoxy) is 7. The fourth-order valence-corrected chi connectivity index (χ4v) is 6.47. The van der Waals surface area contributed by atoms with Crippen LogP contribution in [0.25, 0.3) is 0 Å². The zero-order chi connectivity index (χ0) is 36.9. The number of rotatable bonds is 17. The van der Waals surface area contributed by atoms with Gasteiger partial charge < -0.3 is 43.4 Å². The number of hydrogen-bond acceptors (Lipinski definition) is 11. The van der Waals surface area contributed by atoms with Crippen molar-refractivity contribution in [3.8, 4) is 0 Å². The molecule has 0 aromatic carbocycles. The summed E-state index contributed by atoms with van der Waals surface area (Å²) >= 11 is 0. The van der Waals surface area contributed by atoms with Crippen molar-refractivity contribution in [1.29, 1.82) is 0 Å². The van der Waals surface area contributed by atoms with Crippen molar-refractivity contribution in [2.75, 3.05) is 13.2 Å². The van der Waals surface area contributed by atoms with Crippen molar-refractivity contribution in [3.05, 3.63) is 36.0 Å². The fourth-order valence-electron chi connectivity index (χ4n) is 6.47. The van der Waals surface area contributed by atoms with E-state index >= 15 is 0 Å². The van der Waals surface area contributed by atoms with Crippen LogP contribution < -0.4 is 0 Å². The van der Waals surface area contributed by atoms with Crippen LogP contribution in [0.2, 0.25) is 0 Å². The maximum Gasteiger partial charge on any atom is 0.309 e. The van der Waals surface area contributed by atoms with Crippen molar-refractivity contribution in [1.82, 2.24) is 0 Å². The van der Waals surface area contributed by atoms with Gasteiger partial charge in [0.15, 0.2) is 12.6 Å². The molecule has 282 valence electrons. The van der Waals surface area contributed by atoms with Gasteiger partial charge in [0.1, 0.15) is 17.8 Å². The first-order valence-corrected chi connectivity index (χ1v) is 18.0. The Morgan fingerprint density at radius 1 is 1.12 bits per heavy atom. The second kappa shape index (κ2) is 20.1. The lowest BCUT2D eigenvalue weighted by molar-refractivity contribution is -0.227. The molecule has 0 radical (unpaired) electrons. The molecule has 2 N–H and O–H groups in total. The maximum absolute atomic E-state index is 13.1. The number of carbonyl (C=O) groups is 2. The van der Waals surface area contributed by atoms with Crippen molar-refractivity contribution in [2.45, 2.75) is 169 Å².